The molecule has 0 amide bonds. The molecule has 4 atom stereocenters. The largest absolute Gasteiger partial charge is 0.493 e. The number of benzene rings is 1. The predicted octanol–water partition coefficient (Wildman–Crippen LogP) is 2.37. The number of aliphatic hydroxyl groups excluding tert-OH is 2. The lowest BCUT2D eigenvalue weighted by Crippen LogP contribution is -2.46. The van der Waals surface area contributed by atoms with Gasteiger partial charge in [-0.3, -0.25) is 4.90 Å². The molecule has 1 heterocycles. The molecule has 1 unspecified atom stereocenters. The molecule has 182 valence electrons. The van der Waals surface area contributed by atoms with Crippen molar-refractivity contribution in [3.05, 3.63) is 23.8 Å². The van der Waals surface area contributed by atoms with E-state index >= 15 is 0 Å². The van der Waals surface area contributed by atoms with Crippen LogP contribution < -0.4 is 14.8 Å². The van der Waals surface area contributed by atoms with Gasteiger partial charge in [0, 0.05) is 31.7 Å². The summed E-state index contributed by atoms with van der Waals surface area (Å²) in [5.41, 5.74) is 1.14. The number of likely N-dealkylation sites (tertiary alicyclic amines) is 1. The average Bonchev–Trinajstić information content (AvgIpc) is 3.23. The van der Waals surface area contributed by atoms with E-state index in [-0.39, 0.29) is 18.8 Å². The fourth-order valence-corrected chi connectivity index (χ4v) is 4.69. The fourth-order valence-electron chi connectivity index (χ4n) is 4.69. The quantitative estimate of drug-likeness (QED) is 0.451. The Bertz CT molecular complexity index is 686. The zero-order valence-electron chi connectivity index (χ0n) is 20.0. The summed E-state index contributed by atoms with van der Waals surface area (Å²) in [6, 6.07) is 6.70. The Morgan fingerprint density at radius 2 is 1.97 bits per heavy atom. The summed E-state index contributed by atoms with van der Waals surface area (Å²) < 4.78 is 17.6. The molecule has 7 heteroatoms. The van der Waals surface area contributed by atoms with Crippen LogP contribution in [-0.4, -0.2) is 85.5 Å². The van der Waals surface area contributed by atoms with E-state index in [0.717, 1.165) is 44.3 Å². The van der Waals surface area contributed by atoms with Crippen molar-refractivity contribution >= 4 is 0 Å². The normalized spacial score (nSPS) is 25.2. The molecule has 7 nitrogen and oxygen atoms in total. The average molecular weight is 451 g/mol. The van der Waals surface area contributed by atoms with Crippen molar-refractivity contribution in [2.75, 3.05) is 40.0 Å². The van der Waals surface area contributed by atoms with Gasteiger partial charge in [0.15, 0.2) is 11.5 Å². The molecule has 1 aliphatic carbocycles. The van der Waals surface area contributed by atoms with Crippen LogP contribution in [0.5, 0.6) is 11.5 Å². The monoisotopic (exact) mass is 450 g/mol. The second-order valence-corrected chi connectivity index (χ2v) is 9.46. The minimum absolute atomic E-state index is 0.182. The first kappa shape index (κ1) is 25.2. The van der Waals surface area contributed by atoms with E-state index in [1.165, 1.54) is 12.8 Å². The maximum atomic E-state index is 10.1. The van der Waals surface area contributed by atoms with Crippen molar-refractivity contribution in [1.82, 2.24) is 10.2 Å². The van der Waals surface area contributed by atoms with Crippen molar-refractivity contribution in [2.24, 2.45) is 0 Å². The molecule has 0 aromatic heterocycles. The summed E-state index contributed by atoms with van der Waals surface area (Å²) in [4.78, 5) is 2.43. The van der Waals surface area contributed by atoms with Gasteiger partial charge in [0.25, 0.3) is 0 Å². The highest BCUT2D eigenvalue weighted by atomic mass is 16.5. The maximum Gasteiger partial charge on any atom is 0.161 e. The van der Waals surface area contributed by atoms with Crippen LogP contribution in [0.1, 0.15) is 51.5 Å². The van der Waals surface area contributed by atoms with Gasteiger partial charge in [0.1, 0.15) is 12.7 Å². The Balaban J connectivity index is 1.47. The highest BCUT2D eigenvalue weighted by Crippen LogP contribution is 2.30. The highest BCUT2D eigenvalue weighted by molar-refractivity contribution is 5.43. The van der Waals surface area contributed by atoms with E-state index in [0.29, 0.717) is 36.7 Å². The van der Waals surface area contributed by atoms with Crippen LogP contribution in [0.25, 0.3) is 0 Å². The number of ether oxygens (including phenoxy) is 3. The molecule has 3 N–H and O–H groups in total. The van der Waals surface area contributed by atoms with Crippen molar-refractivity contribution < 1.29 is 24.4 Å². The molecule has 32 heavy (non-hydrogen) atoms. The van der Waals surface area contributed by atoms with Gasteiger partial charge in [0.2, 0.25) is 0 Å². The Labute approximate surface area is 193 Å². The van der Waals surface area contributed by atoms with Crippen molar-refractivity contribution in [3.8, 4) is 11.5 Å². The van der Waals surface area contributed by atoms with Crippen LogP contribution in [0, 0.1) is 0 Å². The zero-order chi connectivity index (χ0) is 22.9. The second-order valence-electron chi connectivity index (χ2n) is 9.46. The number of β-amino-alcohol motifs (C(OH)–C–C–N with tert-alkyl or cyclic N) is 1. The predicted molar refractivity (Wildman–Crippen MR) is 126 cm³/mol. The van der Waals surface area contributed by atoms with Crippen LogP contribution in [0.2, 0.25) is 0 Å². The van der Waals surface area contributed by atoms with Gasteiger partial charge in [-0.05, 0) is 43.4 Å². The van der Waals surface area contributed by atoms with E-state index in [2.05, 4.69) is 10.2 Å². The molecule has 2 fully saturated rings. The van der Waals surface area contributed by atoms with Crippen LogP contribution in [0.4, 0.5) is 0 Å². The molecule has 1 aliphatic heterocycles. The Hall–Kier alpha value is -1.38. The SMILES string of the molecule is COc1cc(CCO[C@@H]2CCCC[C@@H]2N2CCC(O)C2)ccc1OC[C@H](O)CNC(C)C. The van der Waals surface area contributed by atoms with Crippen LogP contribution in [0.15, 0.2) is 18.2 Å². The highest BCUT2D eigenvalue weighted by Gasteiger charge is 2.34. The van der Waals surface area contributed by atoms with E-state index < -0.39 is 6.10 Å². The first-order valence-corrected chi connectivity index (χ1v) is 12.2. The first-order valence-electron chi connectivity index (χ1n) is 12.2. The number of hydrogen-bond donors (Lipinski definition) is 3. The molecule has 3 rings (SSSR count). The minimum atomic E-state index is -0.574. The molecular weight excluding hydrogens is 408 g/mol. The molecule has 2 aliphatic rings. The van der Waals surface area contributed by atoms with E-state index in [9.17, 15) is 10.2 Å². The van der Waals surface area contributed by atoms with E-state index in [1.807, 2.05) is 32.0 Å². The third-order valence-corrected chi connectivity index (χ3v) is 6.48. The zero-order valence-corrected chi connectivity index (χ0v) is 20.0. The number of rotatable bonds is 12. The number of hydrogen-bond acceptors (Lipinski definition) is 7. The summed E-state index contributed by atoms with van der Waals surface area (Å²) in [6.45, 7) is 7.23. The number of methoxy groups -OCH3 is 1. The van der Waals surface area contributed by atoms with Crippen LogP contribution in [-0.2, 0) is 11.2 Å². The lowest BCUT2D eigenvalue weighted by Gasteiger charge is -2.37. The Kier molecular flexibility index (Phi) is 10.1. The molecule has 0 spiro atoms. The van der Waals surface area contributed by atoms with Gasteiger partial charge in [-0.15, -0.1) is 0 Å². The van der Waals surface area contributed by atoms with Gasteiger partial charge >= 0.3 is 0 Å². The lowest BCUT2D eigenvalue weighted by molar-refractivity contribution is -0.0316. The third-order valence-electron chi connectivity index (χ3n) is 6.48. The molecular formula is C25H42N2O5. The van der Waals surface area contributed by atoms with Gasteiger partial charge in [0.05, 0.1) is 25.9 Å². The molecule has 0 bridgehead atoms. The summed E-state index contributed by atoms with van der Waals surface area (Å²) in [7, 11) is 1.64. The summed E-state index contributed by atoms with van der Waals surface area (Å²) in [5, 5.41) is 23.2. The van der Waals surface area contributed by atoms with Crippen LogP contribution >= 0.6 is 0 Å². The molecule has 1 aromatic carbocycles. The van der Waals surface area contributed by atoms with Crippen molar-refractivity contribution in [2.45, 2.75) is 82.8 Å². The van der Waals surface area contributed by atoms with Gasteiger partial charge < -0.3 is 29.7 Å². The third kappa shape index (κ3) is 7.59. The van der Waals surface area contributed by atoms with Crippen LogP contribution in [0.3, 0.4) is 0 Å². The number of nitrogens with zero attached hydrogens (tertiary/aromatic N) is 1. The Morgan fingerprint density at radius 3 is 2.69 bits per heavy atom. The smallest absolute Gasteiger partial charge is 0.161 e. The fraction of sp³-hybridized carbons (Fsp3) is 0.760. The maximum absolute atomic E-state index is 10.1. The summed E-state index contributed by atoms with van der Waals surface area (Å²) >= 11 is 0. The molecule has 0 radical (unpaired) electrons. The molecule has 1 saturated heterocycles. The van der Waals surface area contributed by atoms with Gasteiger partial charge in [-0.1, -0.05) is 32.8 Å². The van der Waals surface area contributed by atoms with E-state index in [1.54, 1.807) is 7.11 Å². The number of aliphatic hydroxyl groups is 2. The van der Waals surface area contributed by atoms with Gasteiger partial charge in [-0.2, -0.15) is 0 Å². The second kappa shape index (κ2) is 12.8. The first-order chi connectivity index (χ1) is 15.5. The standard InChI is InChI=1S/C25H42N2O5/c1-18(2)26-15-21(29)17-32-24-9-8-19(14-25(24)30-3)11-13-31-23-7-5-4-6-22(23)27-12-10-20(28)16-27/h8-9,14,18,20-23,26,28-29H,4-7,10-13,15-17H2,1-3H3/t20?,21-,22+,23-/m1/s1. The summed E-state index contributed by atoms with van der Waals surface area (Å²) in [5.74, 6) is 1.31. The Morgan fingerprint density at radius 1 is 1.16 bits per heavy atom. The van der Waals surface area contributed by atoms with Crippen molar-refractivity contribution in [1.29, 1.82) is 0 Å². The topological polar surface area (TPSA) is 83.4 Å². The van der Waals surface area contributed by atoms with E-state index in [4.69, 9.17) is 14.2 Å². The minimum Gasteiger partial charge on any atom is -0.493 e. The lowest BCUT2D eigenvalue weighted by atomic mass is 9.91. The molecule has 1 aromatic rings. The van der Waals surface area contributed by atoms with Crippen molar-refractivity contribution in [3.63, 3.8) is 0 Å². The summed E-state index contributed by atoms with van der Waals surface area (Å²) in [6.07, 6.45) is 5.91. The number of nitrogens with one attached hydrogen (secondary N) is 1. The molecule has 1 saturated carbocycles. The van der Waals surface area contributed by atoms with Gasteiger partial charge in [-0.25, -0.2) is 0 Å².